The molecule has 0 aromatic heterocycles. The Balaban J connectivity index is 0. The summed E-state index contributed by atoms with van der Waals surface area (Å²) in [6.07, 6.45) is 5.13. The third-order valence-electron chi connectivity index (χ3n) is 3.36. The van der Waals surface area contributed by atoms with Gasteiger partial charge in [0.05, 0.1) is 0 Å². The fraction of sp³-hybridized carbons (Fsp3) is 0.923. The predicted octanol–water partition coefficient (Wildman–Crippen LogP) is 1.68. The highest BCUT2D eigenvalue weighted by molar-refractivity contribution is 5.85. The van der Waals surface area contributed by atoms with Gasteiger partial charge in [-0.3, -0.25) is 4.79 Å². The van der Waals surface area contributed by atoms with Crippen LogP contribution in [0.5, 0.6) is 0 Å². The molecule has 6 heteroatoms. The van der Waals surface area contributed by atoms with Crippen molar-refractivity contribution >= 4 is 30.7 Å². The molecule has 0 radical (unpaired) electrons. The second-order valence-corrected chi connectivity index (χ2v) is 5.01. The molecule has 1 rings (SSSR count). The van der Waals surface area contributed by atoms with Crippen LogP contribution in [0, 0.1) is 5.92 Å². The van der Waals surface area contributed by atoms with Crippen molar-refractivity contribution in [3.05, 3.63) is 0 Å². The zero-order chi connectivity index (χ0) is 12.5. The minimum absolute atomic E-state index is 0. The van der Waals surface area contributed by atoms with Crippen molar-refractivity contribution in [3.63, 3.8) is 0 Å². The van der Waals surface area contributed by atoms with Gasteiger partial charge in [0.1, 0.15) is 0 Å². The Morgan fingerprint density at radius 1 is 1.21 bits per heavy atom. The van der Waals surface area contributed by atoms with Gasteiger partial charge in [-0.05, 0) is 45.9 Å². The lowest BCUT2D eigenvalue weighted by Gasteiger charge is -2.26. The van der Waals surface area contributed by atoms with Crippen LogP contribution in [0.2, 0.25) is 0 Å². The van der Waals surface area contributed by atoms with Crippen LogP contribution in [-0.4, -0.2) is 50.6 Å². The minimum Gasteiger partial charge on any atom is -0.356 e. The van der Waals surface area contributed by atoms with Gasteiger partial charge in [0.25, 0.3) is 0 Å². The van der Waals surface area contributed by atoms with Gasteiger partial charge in [-0.15, -0.1) is 24.8 Å². The monoisotopic (exact) mass is 313 g/mol. The van der Waals surface area contributed by atoms with E-state index in [0.717, 1.165) is 26.1 Å². The molecule has 4 nitrogen and oxygen atoms in total. The largest absolute Gasteiger partial charge is 0.356 e. The van der Waals surface area contributed by atoms with E-state index in [0.29, 0.717) is 0 Å². The summed E-state index contributed by atoms with van der Waals surface area (Å²) in [5.41, 5.74) is 0. The maximum absolute atomic E-state index is 11.6. The van der Waals surface area contributed by atoms with E-state index in [2.05, 4.69) is 15.5 Å². The Labute approximate surface area is 129 Å². The number of likely N-dealkylation sites (tertiary alicyclic amines) is 1. The van der Waals surface area contributed by atoms with Gasteiger partial charge in [0, 0.05) is 19.0 Å². The number of halogens is 2. The quantitative estimate of drug-likeness (QED) is 0.703. The van der Waals surface area contributed by atoms with Crippen molar-refractivity contribution < 1.29 is 4.79 Å². The Hall–Kier alpha value is -0.0300. The van der Waals surface area contributed by atoms with E-state index in [1.54, 1.807) is 0 Å². The summed E-state index contributed by atoms with van der Waals surface area (Å²) in [5.74, 6) is 0.230. The molecule has 1 amide bonds. The van der Waals surface area contributed by atoms with E-state index < -0.39 is 0 Å². The molecule has 0 aromatic rings. The van der Waals surface area contributed by atoms with Gasteiger partial charge < -0.3 is 15.5 Å². The van der Waals surface area contributed by atoms with Gasteiger partial charge >= 0.3 is 0 Å². The molecule has 2 N–H and O–H groups in total. The number of nitrogens with zero attached hydrogens (tertiary/aromatic N) is 1. The molecule has 1 unspecified atom stereocenters. The number of hydrogen-bond acceptors (Lipinski definition) is 3. The standard InChI is InChI=1S/C13H27N3O.2ClH/c1-12(11-14-2)13(17)15-7-6-10-16-8-4-3-5-9-16;;/h12,14H,3-11H2,1-2H3,(H,15,17);2*1H. The summed E-state index contributed by atoms with van der Waals surface area (Å²) in [6.45, 7) is 7.12. The first-order valence-corrected chi connectivity index (χ1v) is 6.88. The molecule has 0 saturated carbocycles. The van der Waals surface area contributed by atoms with Gasteiger partial charge in [0.15, 0.2) is 0 Å². The summed E-state index contributed by atoms with van der Waals surface area (Å²) in [5, 5.41) is 6.02. The third kappa shape index (κ3) is 9.50. The first kappa shape index (κ1) is 21.3. The van der Waals surface area contributed by atoms with Crippen molar-refractivity contribution in [1.29, 1.82) is 0 Å². The van der Waals surface area contributed by atoms with Crippen molar-refractivity contribution in [2.75, 3.05) is 39.8 Å². The smallest absolute Gasteiger partial charge is 0.224 e. The lowest BCUT2D eigenvalue weighted by molar-refractivity contribution is -0.124. The molecule has 0 spiro atoms. The second kappa shape index (κ2) is 13.0. The molecule has 1 heterocycles. The normalized spacial score (nSPS) is 16.9. The topological polar surface area (TPSA) is 44.4 Å². The summed E-state index contributed by atoms with van der Waals surface area (Å²) < 4.78 is 0. The molecule has 0 bridgehead atoms. The fourth-order valence-corrected chi connectivity index (χ4v) is 2.27. The Kier molecular flexibility index (Phi) is 14.5. The Morgan fingerprint density at radius 2 is 1.84 bits per heavy atom. The van der Waals surface area contributed by atoms with E-state index >= 15 is 0 Å². The summed E-state index contributed by atoms with van der Waals surface area (Å²) in [4.78, 5) is 14.1. The van der Waals surface area contributed by atoms with Crippen LogP contribution in [0.3, 0.4) is 0 Å². The summed E-state index contributed by atoms with van der Waals surface area (Å²) in [6, 6.07) is 0. The molecule has 19 heavy (non-hydrogen) atoms. The van der Waals surface area contributed by atoms with E-state index in [1.165, 1.54) is 32.4 Å². The first-order chi connectivity index (χ1) is 8.24. The lowest BCUT2D eigenvalue weighted by Crippen LogP contribution is -2.37. The zero-order valence-corrected chi connectivity index (χ0v) is 13.7. The lowest BCUT2D eigenvalue weighted by atomic mass is 10.1. The number of rotatable bonds is 7. The van der Waals surface area contributed by atoms with E-state index in [1.807, 2.05) is 14.0 Å². The van der Waals surface area contributed by atoms with E-state index in [9.17, 15) is 4.79 Å². The molecule has 1 saturated heterocycles. The van der Waals surface area contributed by atoms with Crippen molar-refractivity contribution in [3.8, 4) is 0 Å². The van der Waals surface area contributed by atoms with E-state index in [-0.39, 0.29) is 36.6 Å². The maximum atomic E-state index is 11.6. The first-order valence-electron chi connectivity index (χ1n) is 6.88. The molecule has 1 aliphatic rings. The van der Waals surface area contributed by atoms with Crippen LogP contribution >= 0.6 is 24.8 Å². The van der Waals surface area contributed by atoms with Gasteiger partial charge in [-0.1, -0.05) is 13.3 Å². The highest BCUT2D eigenvalue weighted by Gasteiger charge is 2.12. The van der Waals surface area contributed by atoms with Crippen LogP contribution in [0.25, 0.3) is 0 Å². The molecule has 116 valence electrons. The molecular weight excluding hydrogens is 285 g/mol. The SMILES string of the molecule is CNCC(C)C(=O)NCCCN1CCCCC1.Cl.Cl. The van der Waals surface area contributed by atoms with Crippen LogP contribution in [0.15, 0.2) is 0 Å². The number of piperidine rings is 1. The van der Waals surface area contributed by atoms with Gasteiger partial charge in [0.2, 0.25) is 5.91 Å². The van der Waals surface area contributed by atoms with Crippen LogP contribution in [0.1, 0.15) is 32.6 Å². The molecule has 1 atom stereocenters. The highest BCUT2D eigenvalue weighted by Crippen LogP contribution is 2.08. The number of nitrogens with one attached hydrogen (secondary N) is 2. The average Bonchev–Trinajstić information content (AvgIpc) is 2.36. The molecule has 0 aromatic carbocycles. The minimum atomic E-state index is 0. The van der Waals surface area contributed by atoms with Gasteiger partial charge in [-0.25, -0.2) is 0 Å². The summed E-state index contributed by atoms with van der Waals surface area (Å²) in [7, 11) is 1.88. The van der Waals surface area contributed by atoms with Gasteiger partial charge in [-0.2, -0.15) is 0 Å². The second-order valence-electron chi connectivity index (χ2n) is 5.01. The highest BCUT2D eigenvalue weighted by atomic mass is 35.5. The number of amides is 1. The van der Waals surface area contributed by atoms with Crippen molar-refractivity contribution in [2.24, 2.45) is 5.92 Å². The third-order valence-corrected chi connectivity index (χ3v) is 3.36. The number of carbonyl (C=O) groups excluding carboxylic acids is 1. The Bertz CT molecular complexity index is 224. The zero-order valence-electron chi connectivity index (χ0n) is 12.1. The fourth-order valence-electron chi connectivity index (χ4n) is 2.27. The molecule has 1 fully saturated rings. The van der Waals surface area contributed by atoms with Crippen molar-refractivity contribution in [2.45, 2.75) is 32.6 Å². The molecule has 1 aliphatic heterocycles. The number of hydrogen-bond donors (Lipinski definition) is 2. The van der Waals surface area contributed by atoms with Crippen LogP contribution in [-0.2, 0) is 4.79 Å². The number of carbonyl (C=O) groups is 1. The summed E-state index contributed by atoms with van der Waals surface area (Å²) >= 11 is 0. The van der Waals surface area contributed by atoms with Crippen molar-refractivity contribution in [1.82, 2.24) is 15.5 Å². The molecular formula is C13H29Cl2N3O. The van der Waals surface area contributed by atoms with Crippen LogP contribution < -0.4 is 10.6 Å². The average molecular weight is 314 g/mol. The molecule has 0 aliphatic carbocycles. The Morgan fingerprint density at radius 3 is 2.42 bits per heavy atom. The van der Waals surface area contributed by atoms with E-state index in [4.69, 9.17) is 0 Å². The predicted molar refractivity (Wildman–Crippen MR) is 85.5 cm³/mol. The van der Waals surface area contributed by atoms with Crippen LogP contribution in [0.4, 0.5) is 0 Å². The maximum Gasteiger partial charge on any atom is 0.224 e.